The molecule has 0 radical (unpaired) electrons. The lowest BCUT2D eigenvalue weighted by molar-refractivity contribution is -0.117. The maximum Gasteiger partial charge on any atom is 0.238 e. The van der Waals surface area contributed by atoms with Crippen LogP contribution in [-0.4, -0.2) is 41.9 Å². The standard InChI is InChI=1S/C21H18ClF2N3O2/c1-11-15(22)4-3-13-20(11)26-17-6-7-27(9-14(17)21(13)29)10-19(28)25-18-8-12(23)2-5-16(18)24/h2-5,8,14H,6-7,9-10H2,1H3,(H,25,28). The first-order chi connectivity index (χ1) is 13.8. The van der Waals surface area contributed by atoms with Crippen LogP contribution in [0.4, 0.5) is 20.2 Å². The topological polar surface area (TPSA) is 61.8 Å². The van der Waals surface area contributed by atoms with E-state index in [1.165, 1.54) is 0 Å². The van der Waals surface area contributed by atoms with E-state index < -0.39 is 23.5 Å². The van der Waals surface area contributed by atoms with Crippen LogP contribution >= 0.6 is 11.6 Å². The number of anilines is 1. The molecule has 0 aromatic heterocycles. The normalized spacial score (nSPS) is 18.7. The largest absolute Gasteiger partial charge is 0.322 e. The van der Waals surface area contributed by atoms with Gasteiger partial charge in [0.1, 0.15) is 11.6 Å². The highest BCUT2D eigenvalue weighted by Crippen LogP contribution is 2.37. The van der Waals surface area contributed by atoms with Gasteiger partial charge in [0.25, 0.3) is 0 Å². The molecule has 0 spiro atoms. The molecule has 4 rings (SSSR count). The monoisotopic (exact) mass is 417 g/mol. The Hall–Kier alpha value is -2.64. The first kappa shape index (κ1) is 19.7. The van der Waals surface area contributed by atoms with Gasteiger partial charge in [0.2, 0.25) is 5.91 Å². The van der Waals surface area contributed by atoms with Crippen LogP contribution in [0.25, 0.3) is 0 Å². The summed E-state index contributed by atoms with van der Waals surface area (Å²) in [5.41, 5.74) is 2.53. The summed E-state index contributed by atoms with van der Waals surface area (Å²) in [4.78, 5) is 31.8. The number of fused-ring (bicyclic) bond motifs is 2. The molecule has 5 nitrogen and oxygen atoms in total. The Kier molecular flexibility index (Phi) is 5.19. The van der Waals surface area contributed by atoms with Crippen LogP contribution in [0.5, 0.6) is 0 Å². The number of aliphatic imine (C=N–C) groups is 1. The van der Waals surface area contributed by atoms with Crippen molar-refractivity contribution >= 4 is 40.4 Å². The minimum absolute atomic E-state index is 0.0283. The fourth-order valence-electron chi connectivity index (χ4n) is 3.75. The first-order valence-electron chi connectivity index (χ1n) is 9.21. The number of halogens is 3. The highest BCUT2D eigenvalue weighted by atomic mass is 35.5. The number of benzene rings is 2. The van der Waals surface area contributed by atoms with Crippen LogP contribution in [0.3, 0.4) is 0 Å². The number of nitrogens with one attached hydrogen (secondary N) is 1. The number of hydrogen-bond acceptors (Lipinski definition) is 4. The van der Waals surface area contributed by atoms with Crippen molar-refractivity contribution in [3.8, 4) is 0 Å². The Morgan fingerprint density at radius 1 is 1.31 bits per heavy atom. The van der Waals surface area contributed by atoms with Gasteiger partial charge in [-0.3, -0.25) is 19.5 Å². The van der Waals surface area contributed by atoms with Crippen molar-refractivity contribution in [1.82, 2.24) is 4.90 Å². The molecule has 1 unspecified atom stereocenters. The fourth-order valence-corrected chi connectivity index (χ4v) is 3.90. The van der Waals surface area contributed by atoms with Gasteiger partial charge >= 0.3 is 0 Å². The highest BCUT2D eigenvalue weighted by molar-refractivity contribution is 6.32. The number of likely N-dealkylation sites (tertiary alicyclic amines) is 1. The Morgan fingerprint density at radius 2 is 2.10 bits per heavy atom. The van der Waals surface area contributed by atoms with E-state index in [0.29, 0.717) is 35.8 Å². The molecule has 2 aromatic rings. The third-order valence-corrected chi connectivity index (χ3v) is 5.71. The molecular formula is C21H18ClF2N3O2. The van der Waals surface area contributed by atoms with Crippen molar-refractivity contribution in [2.24, 2.45) is 10.9 Å². The molecule has 2 aliphatic heterocycles. The lowest BCUT2D eigenvalue weighted by atomic mass is 9.84. The predicted molar refractivity (Wildman–Crippen MR) is 107 cm³/mol. The van der Waals surface area contributed by atoms with E-state index in [4.69, 9.17) is 11.6 Å². The summed E-state index contributed by atoms with van der Waals surface area (Å²) in [7, 11) is 0. The molecule has 29 heavy (non-hydrogen) atoms. The molecule has 1 N–H and O–H groups in total. The van der Waals surface area contributed by atoms with Gasteiger partial charge in [-0.15, -0.1) is 0 Å². The van der Waals surface area contributed by atoms with Crippen LogP contribution < -0.4 is 5.32 Å². The molecule has 1 fully saturated rings. The van der Waals surface area contributed by atoms with E-state index in [1.54, 1.807) is 12.1 Å². The minimum Gasteiger partial charge on any atom is -0.322 e. The van der Waals surface area contributed by atoms with Crippen molar-refractivity contribution < 1.29 is 18.4 Å². The number of amides is 1. The Labute approximate surface area is 171 Å². The number of carbonyl (C=O) groups excluding carboxylic acids is 2. The van der Waals surface area contributed by atoms with Crippen molar-refractivity contribution in [3.63, 3.8) is 0 Å². The quantitative estimate of drug-likeness (QED) is 0.815. The van der Waals surface area contributed by atoms with Crippen molar-refractivity contribution in [2.75, 3.05) is 25.0 Å². The summed E-state index contributed by atoms with van der Waals surface area (Å²) in [6.45, 7) is 2.69. The van der Waals surface area contributed by atoms with Gasteiger partial charge in [0.15, 0.2) is 5.78 Å². The second-order valence-corrected chi connectivity index (χ2v) is 7.65. The Balaban J connectivity index is 1.47. The van der Waals surface area contributed by atoms with Crippen molar-refractivity contribution in [3.05, 3.63) is 58.1 Å². The van der Waals surface area contributed by atoms with Gasteiger partial charge in [-0.2, -0.15) is 0 Å². The van der Waals surface area contributed by atoms with Gasteiger partial charge in [-0.25, -0.2) is 8.78 Å². The molecule has 1 saturated heterocycles. The number of rotatable bonds is 3. The van der Waals surface area contributed by atoms with E-state index in [9.17, 15) is 18.4 Å². The first-order valence-corrected chi connectivity index (χ1v) is 9.59. The number of ketones is 1. The third-order valence-electron chi connectivity index (χ3n) is 5.30. The average Bonchev–Trinajstić information content (AvgIpc) is 2.68. The average molecular weight is 418 g/mol. The highest BCUT2D eigenvalue weighted by Gasteiger charge is 2.37. The van der Waals surface area contributed by atoms with E-state index in [1.807, 2.05) is 11.8 Å². The van der Waals surface area contributed by atoms with E-state index in [0.717, 1.165) is 29.5 Å². The lowest BCUT2D eigenvalue weighted by Crippen LogP contribution is -2.47. The summed E-state index contributed by atoms with van der Waals surface area (Å²) in [5.74, 6) is -2.27. The molecule has 0 saturated carbocycles. The van der Waals surface area contributed by atoms with Crippen molar-refractivity contribution in [2.45, 2.75) is 13.3 Å². The van der Waals surface area contributed by atoms with Gasteiger partial charge in [-0.1, -0.05) is 11.6 Å². The maximum absolute atomic E-state index is 13.7. The van der Waals surface area contributed by atoms with Gasteiger partial charge < -0.3 is 5.32 Å². The number of hydrogen-bond donors (Lipinski definition) is 1. The molecule has 0 bridgehead atoms. The summed E-state index contributed by atoms with van der Waals surface area (Å²) < 4.78 is 27.0. The number of nitrogens with zero attached hydrogens (tertiary/aromatic N) is 2. The van der Waals surface area contributed by atoms with Gasteiger partial charge in [-0.05, 0) is 43.2 Å². The molecule has 2 aromatic carbocycles. The van der Waals surface area contributed by atoms with Crippen LogP contribution in [0, 0.1) is 24.5 Å². The van der Waals surface area contributed by atoms with Gasteiger partial charge in [0, 0.05) is 35.5 Å². The summed E-state index contributed by atoms with van der Waals surface area (Å²) in [6.07, 6.45) is 0.545. The number of Topliss-reactive ketones (excluding diaryl/α,β-unsaturated/α-hetero) is 1. The zero-order valence-corrected chi connectivity index (χ0v) is 16.4. The SMILES string of the molecule is Cc1c(Cl)ccc2c1N=C1CCN(CC(=O)Nc3cc(F)ccc3F)CC1C2=O. The van der Waals surface area contributed by atoms with Crippen LogP contribution in [-0.2, 0) is 4.79 Å². The van der Waals surface area contributed by atoms with E-state index >= 15 is 0 Å². The van der Waals surface area contributed by atoms with E-state index in [2.05, 4.69) is 10.3 Å². The van der Waals surface area contributed by atoms with Crippen molar-refractivity contribution in [1.29, 1.82) is 0 Å². The number of carbonyl (C=O) groups is 2. The van der Waals surface area contributed by atoms with Crippen LogP contribution in [0.2, 0.25) is 5.02 Å². The summed E-state index contributed by atoms with van der Waals surface area (Å²) in [6, 6.07) is 6.25. The second kappa shape index (κ2) is 7.65. The van der Waals surface area contributed by atoms with Crippen LogP contribution in [0.1, 0.15) is 22.3 Å². The molecule has 8 heteroatoms. The zero-order chi connectivity index (χ0) is 20.7. The number of piperidine rings is 1. The smallest absolute Gasteiger partial charge is 0.238 e. The Bertz CT molecular complexity index is 1050. The minimum atomic E-state index is -0.707. The molecule has 2 heterocycles. The summed E-state index contributed by atoms with van der Waals surface area (Å²) in [5, 5.41) is 2.95. The van der Waals surface area contributed by atoms with Gasteiger partial charge in [0.05, 0.1) is 23.8 Å². The third kappa shape index (κ3) is 3.80. The molecule has 1 atom stereocenters. The molecule has 150 valence electrons. The zero-order valence-electron chi connectivity index (χ0n) is 15.6. The van der Waals surface area contributed by atoms with Crippen LogP contribution in [0.15, 0.2) is 35.3 Å². The second-order valence-electron chi connectivity index (χ2n) is 7.25. The molecule has 1 amide bonds. The molecule has 0 aliphatic carbocycles. The molecule has 2 aliphatic rings. The fraction of sp³-hybridized carbons (Fsp3) is 0.286. The van der Waals surface area contributed by atoms with E-state index in [-0.39, 0.29) is 18.0 Å². The molecular weight excluding hydrogens is 400 g/mol. The lowest BCUT2D eigenvalue weighted by Gasteiger charge is -2.35. The maximum atomic E-state index is 13.7. The summed E-state index contributed by atoms with van der Waals surface area (Å²) >= 11 is 6.15. The Morgan fingerprint density at radius 3 is 2.90 bits per heavy atom. The predicted octanol–water partition coefficient (Wildman–Crippen LogP) is 4.16.